The monoisotopic (exact) mass is 172 g/mol. The second-order valence-corrected chi connectivity index (χ2v) is 6.07. The molecule has 0 aromatic heterocycles. The molecule has 11 heavy (non-hydrogen) atoms. The second kappa shape index (κ2) is 4.20. The lowest BCUT2D eigenvalue weighted by atomic mass is 10.2. The fourth-order valence-corrected chi connectivity index (χ4v) is 2.24. The Labute approximate surface area is 75.5 Å². The molecule has 0 amide bonds. The van der Waals surface area contributed by atoms with Gasteiger partial charge < -0.3 is 0 Å². The van der Waals surface area contributed by atoms with Crippen molar-refractivity contribution in [3.63, 3.8) is 0 Å². The molecular weight excluding hydrogens is 152 g/mol. The van der Waals surface area contributed by atoms with E-state index in [1.54, 1.807) is 0 Å². The Morgan fingerprint density at radius 2 is 1.82 bits per heavy atom. The average molecular weight is 172 g/mol. The van der Waals surface area contributed by atoms with E-state index in [1.807, 2.05) is 11.8 Å². The van der Waals surface area contributed by atoms with Crippen LogP contribution in [0, 0.1) is 0 Å². The minimum absolute atomic E-state index is 0.379. The third-order valence-electron chi connectivity index (χ3n) is 1.63. The van der Waals surface area contributed by atoms with Crippen LogP contribution in [0.3, 0.4) is 0 Å². The van der Waals surface area contributed by atoms with Gasteiger partial charge in [-0.2, -0.15) is 0 Å². The van der Waals surface area contributed by atoms with Gasteiger partial charge in [-0.1, -0.05) is 32.4 Å². The molecule has 0 radical (unpaired) electrons. The van der Waals surface area contributed by atoms with Crippen molar-refractivity contribution in [3.05, 3.63) is 11.6 Å². The fraction of sp³-hybridized carbons (Fsp3) is 0.800. The van der Waals surface area contributed by atoms with Gasteiger partial charge in [-0.25, -0.2) is 0 Å². The van der Waals surface area contributed by atoms with E-state index in [9.17, 15) is 0 Å². The molecule has 1 unspecified atom stereocenters. The molecule has 0 bridgehead atoms. The van der Waals surface area contributed by atoms with E-state index in [2.05, 4.69) is 47.6 Å². The Morgan fingerprint density at radius 1 is 1.36 bits per heavy atom. The molecule has 0 heterocycles. The standard InChI is InChI=1S/C10H20S/c1-7-8(2)9(3)11-10(4,5)6/h7,9H,1-6H3/b8-7+. The van der Waals surface area contributed by atoms with Crippen LogP contribution in [0.4, 0.5) is 0 Å². The van der Waals surface area contributed by atoms with Crippen molar-refractivity contribution in [2.45, 2.75) is 51.5 Å². The van der Waals surface area contributed by atoms with Gasteiger partial charge in [0.25, 0.3) is 0 Å². The van der Waals surface area contributed by atoms with Gasteiger partial charge in [0.2, 0.25) is 0 Å². The van der Waals surface area contributed by atoms with Crippen molar-refractivity contribution in [2.75, 3.05) is 0 Å². The van der Waals surface area contributed by atoms with Crippen molar-refractivity contribution < 1.29 is 0 Å². The zero-order chi connectivity index (χ0) is 9.07. The summed E-state index contributed by atoms with van der Waals surface area (Å²) in [5.74, 6) is 0. The molecule has 0 aliphatic rings. The maximum absolute atomic E-state index is 2.27. The topological polar surface area (TPSA) is 0 Å². The van der Waals surface area contributed by atoms with Crippen LogP contribution in [0.2, 0.25) is 0 Å². The number of allylic oxidation sites excluding steroid dienone is 1. The van der Waals surface area contributed by atoms with Gasteiger partial charge in [0.15, 0.2) is 0 Å². The van der Waals surface area contributed by atoms with E-state index in [-0.39, 0.29) is 0 Å². The Balaban J connectivity index is 3.98. The first-order valence-corrected chi connectivity index (χ1v) is 5.05. The molecule has 0 aliphatic heterocycles. The summed E-state index contributed by atoms with van der Waals surface area (Å²) in [7, 11) is 0. The van der Waals surface area contributed by atoms with Crippen LogP contribution in [0.25, 0.3) is 0 Å². The highest BCUT2D eigenvalue weighted by molar-refractivity contribution is 8.01. The summed E-state index contributed by atoms with van der Waals surface area (Å²) in [6, 6.07) is 0. The quantitative estimate of drug-likeness (QED) is 0.570. The molecule has 0 aliphatic carbocycles. The molecule has 0 aromatic carbocycles. The molecule has 0 aromatic rings. The number of rotatable bonds is 2. The van der Waals surface area contributed by atoms with E-state index in [4.69, 9.17) is 0 Å². The molecule has 0 rings (SSSR count). The van der Waals surface area contributed by atoms with E-state index in [1.165, 1.54) is 5.57 Å². The average Bonchev–Trinajstić information content (AvgIpc) is 1.82. The van der Waals surface area contributed by atoms with E-state index >= 15 is 0 Å². The van der Waals surface area contributed by atoms with Crippen LogP contribution in [-0.2, 0) is 0 Å². The van der Waals surface area contributed by atoms with Crippen molar-refractivity contribution in [1.29, 1.82) is 0 Å². The van der Waals surface area contributed by atoms with Gasteiger partial charge in [-0.3, -0.25) is 0 Å². The van der Waals surface area contributed by atoms with Gasteiger partial charge in [-0.15, -0.1) is 11.8 Å². The second-order valence-electron chi connectivity index (χ2n) is 3.91. The minimum atomic E-state index is 0.379. The summed E-state index contributed by atoms with van der Waals surface area (Å²) >= 11 is 2.02. The summed E-state index contributed by atoms with van der Waals surface area (Å²) in [4.78, 5) is 0. The maximum atomic E-state index is 2.27. The van der Waals surface area contributed by atoms with Crippen molar-refractivity contribution in [1.82, 2.24) is 0 Å². The maximum Gasteiger partial charge on any atom is 0.0230 e. The summed E-state index contributed by atoms with van der Waals surface area (Å²) in [5.41, 5.74) is 1.48. The molecule has 0 nitrogen and oxygen atoms in total. The van der Waals surface area contributed by atoms with E-state index in [0.29, 0.717) is 10.00 Å². The van der Waals surface area contributed by atoms with Gasteiger partial charge in [0, 0.05) is 10.00 Å². The Morgan fingerprint density at radius 3 is 2.09 bits per heavy atom. The molecule has 66 valence electrons. The highest BCUT2D eigenvalue weighted by Gasteiger charge is 2.15. The van der Waals surface area contributed by atoms with Crippen LogP contribution in [0.5, 0.6) is 0 Å². The SMILES string of the molecule is C/C=C(\C)C(C)SC(C)(C)C. The molecule has 1 atom stereocenters. The van der Waals surface area contributed by atoms with E-state index < -0.39 is 0 Å². The molecule has 0 N–H and O–H groups in total. The smallest absolute Gasteiger partial charge is 0.0230 e. The van der Waals surface area contributed by atoms with Gasteiger partial charge >= 0.3 is 0 Å². The fourth-order valence-electron chi connectivity index (χ4n) is 0.858. The van der Waals surface area contributed by atoms with Crippen LogP contribution in [-0.4, -0.2) is 10.00 Å². The van der Waals surface area contributed by atoms with Crippen LogP contribution >= 0.6 is 11.8 Å². The summed E-state index contributed by atoms with van der Waals surface area (Å²) in [5, 5.41) is 0.653. The first kappa shape index (κ1) is 11.1. The first-order chi connectivity index (χ1) is 4.87. The molecule has 0 saturated carbocycles. The van der Waals surface area contributed by atoms with Gasteiger partial charge in [0.1, 0.15) is 0 Å². The predicted molar refractivity (Wildman–Crippen MR) is 56.2 cm³/mol. The minimum Gasteiger partial charge on any atom is -0.148 e. The lowest BCUT2D eigenvalue weighted by Gasteiger charge is -2.23. The first-order valence-electron chi connectivity index (χ1n) is 4.17. The van der Waals surface area contributed by atoms with Gasteiger partial charge in [0.05, 0.1) is 0 Å². The predicted octanol–water partition coefficient (Wildman–Crippen LogP) is 3.87. The normalized spacial score (nSPS) is 16.7. The van der Waals surface area contributed by atoms with Crippen LogP contribution < -0.4 is 0 Å². The Kier molecular flexibility index (Phi) is 4.23. The lowest BCUT2D eigenvalue weighted by Crippen LogP contribution is -2.14. The van der Waals surface area contributed by atoms with E-state index in [0.717, 1.165) is 0 Å². The molecule has 0 saturated heterocycles. The third kappa shape index (κ3) is 5.37. The summed E-state index contributed by atoms with van der Waals surface area (Å²) in [6.45, 7) is 13.4. The van der Waals surface area contributed by atoms with Crippen molar-refractivity contribution in [3.8, 4) is 0 Å². The Hall–Kier alpha value is 0.0900. The zero-order valence-corrected chi connectivity index (χ0v) is 9.38. The molecular formula is C10H20S. The number of thioether (sulfide) groups is 1. The summed E-state index contributed by atoms with van der Waals surface area (Å²) < 4.78 is 0.379. The highest BCUT2D eigenvalue weighted by Crippen LogP contribution is 2.31. The van der Waals surface area contributed by atoms with Crippen LogP contribution in [0.15, 0.2) is 11.6 Å². The van der Waals surface area contributed by atoms with Crippen LogP contribution in [0.1, 0.15) is 41.5 Å². The molecule has 0 spiro atoms. The van der Waals surface area contributed by atoms with Gasteiger partial charge in [-0.05, 0) is 20.8 Å². The highest BCUT2D eigenvalue weighted by atomic mass is 32.2. The van der Waals surface area contributed by atoms with Crippen molar-refractivity contribution >= 4 is 11.8 Å². The lowest BCUT2D eigenvalue weighted by molar-refractivity contribution is 0.796. The molecule has 1 heteroatoms. The largest absolute Gasteiger partial charge is 0.148 e. The number of hydrogen-bond acceptors (Lipinski definition) is 1. The number of hydrogen-bond donors (Lipinski definition) is 0. The zero-order valence-electron chi connectivity index (χ0n) is 8.56. The Bertz CT molecular complexity index is 139. The summed E-state index contributed by atoms with van der Waals surface area (Å²) in [6.07, 6.45) is 2.20. The molecule has 0 fully saturated rings. The third-order valence-corrected chi connectivity index (χ3v) is 3.06. The van der Waals surface area contributed by atoms with Crippen molar-refractivity contribution in [2.24, 2.45) is 0 Å².